The lowest BCUT2D eigenvalue weighted by atomic mass is 10.1. The number of primary amides is 1. The number of amides is 2. The summed E-state index contributed by atoms with van der Waals surface area (Å²) in [5.41, 5.74) is 8.86. The van der Waals surface area contributed by atoms with E-state index in [-0.39, 0.29) is 5.91 Å². The van der Waals surface area contributed by atoms with Crippen LogP contribution in [-0.2, 0) is 11.2 Å². The first-order valence-electron chi connectivity index (χ1n) is 8.09. The number of benzene rings is 2. The first-order chi connectivity index (χ1) is 11.5. The number of anilines is 2. The maximum Gasteiger partial charge on any atom is 0.248 e. The number of nitrogens with two attached hydrogens (primary N) is 1. The Morgan fingerprint density at radius 3 is 2.58 bits per heavy atom. The first kappa shape index (κ1) is 16.1. The standard InChI is InChI=1S/C19H21N3O2/c1-13-12-15-4-2-3-5-17(15)22(13)11-10-18(23)21-16-8-6-14(7-9-16)19(20)24/h2-9,13H,10-12H2,1H3,(H2,20,24)(H,21,23). The predicted octanol–water partition coefficient (Wildman–Crippen LogP) is 2.57. The maximum atomic E-state index is 12.2. The highest BCUT2D eigenvalue weighted by atomic mass is 16.2. The molecule has 1 aliphatic rings. The highest BCUT2D eigenvalue weighted by Crippen LogP contribution is 2.31. The molecule has 1 aliphatic heterocycles. The molecule has 3 N–H and O–H groups in total. The van der Waals surface area contributed by atoms with Crippen molar-refractivity contribution in [1.82, 2.24) is 0 Å². The first-order valence-corrected chi connectivity index (χ1v) is 8.09. The van der Waals surface area contributed by atoms with Crippen LogP contribution >= 0.6 is 0 Å². The number of nitrogens with one attached hydrogen (secondary N) is 1. The fourth-order valence-electron chi connectivity index (χ4n) is 3.13. The van der Waals surface area contributed by atoms with E-state index in [9.17, 15) is 9.59 Å². The molecule has 2 amide bonds. The molecule has 124 valence electrons. The van der Waals surface area contributed by atoms with E-state index < -0.39 is 5.91 Å². The van der Waals surface area contributed by atoms with E-state index in [0.29, 0.717) is 30.3 Å². The quantitative estimate of drug-likeness (QED) is 0.888. The molecule has 24 heavy (non-hydrogen) atoms. The Morgan fingerprint density at radius 2 is 1.88 bits per heavy atom. The van der Waals surface area contributed by atoms with Crippen molar-refractivity contribution in [2.45, 2.75) is 25.8 Å². The molecule has 5 heteroatoms. The third-order valence-corrected chi connectivity index (χ3v) is 4.38. The van der Waals surface area contributed by atoms with E-state index in [1.54, 1.807) is 24.3 Å². The Balaban J connectivity index is 1.57. The lowest BCUT2D eigenvalue weighted by molar-refractivity contribution is -0.116. The Labute approximate surface area is 141 Å². The number of carbonyl (C=O) groups is 2. The lowest BCUT2D eigenvalue weighted by Crippen LogP contribution is -2.32. The monoisotopic (exact) mass is 323 g/mol. The van der Waals surface area contributed by atoms with Crippen LogP contribution in [0.15, 0.2) is 48.5 Å². The highest BCUT2D eigenvalue weighted by Gasteiger charge is 2.25. The van der Waals surface area contributed by atoms with Gasteiger partial charge in [-0.05, 0) is 49.2 Å². The molecule has 5 nitrogen and oxygen atoms in total. The molecule has 0 fully saturated rings. The topological polar surface area (TPSA) is 75.4 Å². The number of carbonyl (C=O) groups excluding carboxylic acids is 2. The van der Waals surface area contributed by atoms with Crippen LogP contribution in [-0.4, -0.2) is 24.4 Å². The van der Waals surface area contributed by atoms with Gasteiger partial charge in [0.1, 0.15) is 0 Å². The molecule has 1 unspecified atom stereocenters. The van der Waals surface area contributed by atoms with Crippen LogP contribution in [0.25, 0.3) is 0 Å². The van der Waals surface area contributed by atoms with Crippen LogP contribution in [0.2, 0.25) is 0 Å². The second kappa shape index (κ2) is 6.74. The Bertz CT molecular complexity index is 755. The summed E-state index contributed by atoms with van der Waals surface area (Å²) in [5.74, 6) is -0.520. The zero-order valence-corrected chi connectivity index (χ0v) is 13.7. The zero-order valence-electron chi connectivity index (χ0n) is 13.7. The Hall–Kier alpha value is -2.82. The molecule has 3 rings (SSSR count). The van der Waals surface area contributed by atoms with Gasteiger partial charge < -0.3 is 16.0 Å². The highest BCUT2D eigenvalue weighted by molar-refractivity contribution is 5.94. The van der Waals surface area contributed by atoms with Crippen molar-refractivity contribution in [3.05, 3.63) is 59.7 Å². The molecule has 0 aromatic heterocycles. The number of hydrogen-bond donors (Lipinski definition) is 2. The van der Waals surface area contributed by atoms with Crippen molar-refractivity contribution in [2.75, 3.05) is 16.8 Å². The van der Waals surface area contributed by atoms with Crippen LogP contribution in [0.3, 0.4) is 0 Å². The molecule has 0 bridgehead atoms. The summed E-state index contributed by atoms with van der Waals surface area (Å²) in [6.45, 7) is 2.86. The van der Waals surface area contributed by atoms with E-state index in [1.807, 2.05) is 6.07 Å². The summed E-state index contributed by atoms with van der Waals surface area (Å²) in [6, 6.07) is 15.3. The SMILES string of the molecule is CC1Cc2ccccc2N1CCC(=O)Nc1ccc(C(N)=O)cc1. The van der Waals surface area contributed by atoms with E-state index in [4.69, 9.17) is 5.73 Å². The van der Waals surface area contributed by atoms with Gasteiger partial charge in [0.2, 0.25) is 11.8 Å². The van der Waals surface area contributed by atoms with Crippen LogP contribution in [0.4, 0.5) is 11.4 Å². The summed E-state index contributed by atoms with van der Waals surface area (Å²) in [4.78, 5) is 25.5. The molecular formula is C19H21N3O2. The number of para-hydroxylation sites is 1. The summed E-state index contributed by atoms with van der Waals surface area (Å²) in [7, 11) is 0. The molecule has 2 aromatic rings. The predicted molar refractivity (Wildman–Crippen MR) is 95.2 cm³/mol. The van der Waals surface area contributed by atoms with Crippen molar-refractivity contribution < 1.29 is 9.59 Å². The summed E-state index contributed by atoms with van der Waals surface area (Å²) < 4.78 is 0. The molecular weight excluding hydrogens is 302 g/mol. The fraction of sp³-hybridized carbons (Fsp3) is 0.263. The van der Waals surface area contributed by atoms with Crippen molar-refractivity contribution in [2.24, 2.45) is 5.73 Å². The molecule has 0 saturated heterocycles. The van der Waals surface area contributed by atoms with Gasteiger partial charge in [-0.25, -0.2) is 0 Å². The molecule has 1 atom stereocenters. The molecule has 0 spiro atoms. The Kier molecular flexibility index (Phi) is 4.51. The maximum absolute atomic E-state index is 12.2. The normalized spacial score (nSPS) is 15.9. The second-order valence-electron chi connectivity index (χ2n) is 6.12. The van der Waals surface area contributed by atoms with Gasteiger partial charge in [-0.15, -0.1) is 0 Å². The van der Waals surface area contributed by atoms with Crippen molar-refractivity contribution in [3.8, 4) is 0 Å². The van der Waals surface area contributed by atoms with E-state index in [0.717, 1.165) is 6.42 Å². The third kappa shape index (κ3) is 3.40. The molecule has 0 saturated carbocycles. The van der Waals surface area contributed by atoms with Crippen LogP contribution in [0.5, 0.6) is 0 Å². The van der Waals surface area contributed by atoms with Gasteiger partial charge in [-0.3, -0.25) is 9.59 Å². The van der Waals surface area contributed by atoms with Crippen LogP contribution in [0, 0.1) is 0 Å². The number of nitrogens with zero attached hydrogens (tertiary/aromatic N) is 1. The summed E-state index contributed by atoms with van der Waals surface area (Å²) in [6.07, 6.45) is 1.43. The molecule has 0 aliphatic carbocycles. The number of fused-ring (bicyclic) bond motifs is 1. The van der Waals surface area contributed by atoms with Crippen molar-refractivity contribution in [1.29, 1.82) is 0 Å². The molecule has 2 aromatic carbocycles. The third-order valence-electron chi connectivity index (χ3n) is 4.38. The van der Waals surface area contributed by atoms with Gasteiger partial charge in [0.25, 0.3) is 0 Å². The summed E-state index contributed by atoms with van der Waals surface area (Å²) in [5, 5.41) is 2.85. The average Bonchev–Trinajstić information content (AvgIpc) is 2.88. The van der Waals surface area contributed by atoms with Gasteiger partial charge in [0.05, 0.1) is 0 Å². The zero-order chi connectivity index (χ0) is 17.1. The minimum absolute atomic E-state index is 0.0431. The van der Waals surface area contributed by atoms with E-state index in [2.05, 4.69) is 35.3 Å². The van der Waals surface area contributed by atoms with Gasteiger partial charge in [-0.1, -0.05) is 18.2 Å². The number of rotatable bonds is 5. The van der Waals surface area contributed by atoms with Crippen molar-refractivity contribution in [3.63, 3.8) is 0 Å². The fourth-order valence-corrected chi connectivity index (χ4v) is 3.13. The van der Waals surface area contributed by atoms with E-state index in [1.165, 1.54) is 11.3 Å². The van der Waals surface area contributed by atoms with Crippen molar-refractivity contribution >= 4 is 23.2 Å². The Morgan fingerprint density at radius 1 is 1.17 bits per heavy atom. The molecule has 1 heterocycles. The van der Waals surface area contributed by atoms with Crippen LogP contribution < -0.4 is 16.0 Å². The second-order valence-corrected chi connectivity index (χ2v) is 6.12. The van der Waals surface area contributed by atoms with Gasteiger partial charge in [-0.2, -0.15) is 0 Å². The largest absolute Gasteiger partial charge is 0.368 e. The van der Waals surface area contributed by atoms with Gasteiger partial charge in [0, 0.05) is 35.9 Å². The lowest BCUT2D eigenvalue weighted by Gasteiger charge is -2.24. The minimum atomic E-state index is -0.477. The number of hydrogen-bond acceptors (Lipinski definition) is 3. The van der Waals surface area contributed by atoms with Crippen LogP contribution in [0.1, 0.15) is 29.3 Å². The minimum Gasteiger partial charge on any atom is -0.368 e. The molecule has 0 radical (unpaired) electrons. The average molecular weight is 323 g/mol. The smallest absolute Gasteiger partial charge is 0.248 e. The summed E-state index contributed by atoms with van der Waals surface area (Å²) >= 11 is 0. The van der Waals surface area contributed by atoms with E-state index >= 15 is 0 Å². The van der Waals surface area contributed by atoms with Gasteiger partial charge >= 0.3 is 0 Å². The van der Waals surface area contributed by atoms with Gasteiger partial charge in [0.15, 0.2) is 0 Å².